The van der Waals surface area contributed by atoms with Gasteiger partial charge >= 0.3 is 0 Å². The molecule has 1 rings (SSSR count). The Labute approximate surface area is 234 Å². The van der Waals surface area contributed by atoms with Gasteiger partial charge in [0.1, 0.15) is 5.75 Å². The van der Waals surface area contributed by atoms with Gasteiger partial charge in [-0.05, 0) is 42.8 Å². The second kappa shape index (κ2) is 25.0. The SMILES string of the molecule is CCCCCCCCCc1cc(CSCCCCCCCC)c(O)c(CSCCCCCCCC)c1. The molecule has 0 fully saturated rings. The lowest BCUT2D eigenvalue weighted by molar-refractivity contribution is 0.465. The Hall–Kier alpha value is -0.280. The van der Waals surface area contributed by atoms with Gasteiger partial charge in [0.2, 0.25) is 0 Å². The van der Waals surface area contributed by atoms with Crippen LogP contribution >= 0.6 is 23.5 Å². The molecule has 36 heavy (non-hydrogen) atoms. The molecule has 0 radical (unpaired) electrons. The fourth-order valence-corrected chi connectivity index (χ4v) is 6.80. The van der Waals surface area contributed by atoms with Crippen molar-refractivity contribution in [3.05, 3.63) is 28.8 Å². The quantitative estimate of drug-likeness (QED) is 0.119. The molecule has 0 aromatic heterocycles. The number of thioether (sulfide) groups is 2. The van der Waals surface area contributed by atoms with Crippen LogP contribution in [0, 0.1) is 0 Å². The van der Waals surface area contributed by atoms with Gasteiger partial charge in [-0.3, -0.25) is 0 Å². The van der Waals surface area contributed by atoms with E-state index >= 15 is 0 Å². The molecule has 3 heteroatoms. The molecule has 0 saturated heterocycles. The van der Waals surface area contributed by atoms with Crippen LogP contribution in [0.3, 0.4) is 0 Å². The second-order valence-electron chi connectivity index (χ2n) is 10.8. The zero-order valence-electron chi connectivity index (χ0n) is 24.4. The molecule has 0 unspecified atom stereocenters. The first-order valence-electron chi connectivity index (χ1n) is 15.7. The maximum Gasteiger partial charge on any atom is 0.123 e. The Morgan fingerprint density at radius 2 is 0.861 bits per heavy atom. The fourth-order valence-electron chi connectivity index (χ4n) is 4.82. The third-order valence-electron chi connectivity index (χ3n) is 7.20. The summed E-state index contributed by atoms with van der Waals surface area (Å²) in [5.41, 5.74) is 3.81. The van der Waals surface area contributed by atoms with Crippen molar-refractivity contribution >= 4 is 23.5 Å². The first kappa shape index (κ1) is 33.7. The van der Waals surface area contributed by atoms with E-state index in [1.165, 1.54) is 150 Å². The average molecular weight is 537 g/mol. The number of phenolic OH excluding ortho intramolecular Hbond substituents is 1. The van der Waals surface area contributed by atoms with Crippen molar-refractivity contribution in [2.75, 3.05) is 11.5 Å². The maximum atomic E-state index is 11.1. The molecule has 1 nitrogen and oxygen atoms in total. The summed E-state index contributed by atoms with van der Waals surface area (Å²) < 4.78 is 0. The van der Waals surface area contributed by atoms with Gasteiger partial charge in [0, 0.05) is 22.6 Å². The monoisotopic (exact) mass is 536 g/mol. The van der Waals surface area contributed by atoms with E-state index in [2.05, 4.69) is 32.9 Å². The van der Waals surface area contributed by atoms with Crippen molar-refractivity contribution in [1.82, 2.24) is 0 Å². The molecule has 0 aliphatic carbocycles. The number of aromatic hydroxyl groups is 1. The zero-order valence-corrected chi connectivity index (χ0v) is 26.0. The van der Waals surface area contributed by atoms with Crippen LogP contribution in [-0.2, 0) is 17.9 Å². The van der Waals surface area contributed by atoms with Crippen LogP contribution in [0.25, 0.3) is 0 Å². The van der Waals surface area contributed by atoms with Crippen LogP contribution in [0.2, 0.25) is 0 Å². The smallest absolute Gasteiger partial charge is 0.123 e. The minimum Gasteiger partial charge on any atom is -0.507 e. The van der Waals surface area contributed by atoms with Crippen LogP contribution in [0.15, 0.2) is 12.1 Å². The number of hydrogen-bond donors (Lipinski definition) is 1. The third-order valence-corrected chi connectivity index (χ3v) is 9.38. The summed E-state index contributed by atoms with van der Waals surface area (Å²) in [6.45, 7) is 6.86. The highest BCUT2D eigenvalue weighted by molar-refractivity contribution is 7.98. The topological polar surface area (TPSA) is 20.2 Å². The molecule has 0 saturated carbocycles. The Morgan fingerprint density at radius 1 is 0.500 bits per heavy atom. The van der Waals surface area contributed by atoms with Gasteiger partial charge in [-0.2, -0.15) is 23.5 Å². The van der Waals surface area contributed by atoms with Gasteiger partial charge < -0.3 is 5.11 Å². The molecule has 0 bridgehead atoms. The largest absolute Gasteiger partial charge is 0.507 e. The average Bonchev–Trinajstić information content (AvgIpc) is 2.88. The summed E-state index contributed by atoms with van der Waals surface area (Å²) in [7, 11) is 0. The van der Waals surface area contributed by atoms with E-state index in [0.29, 0.717) is 5.75 Å². The Morgan fingerprint density at radius 3 is 1.28 bits per heavy atom. The number of unbranched alkanes of at least 4 members (excludes halogenated alkanes) is 16. The second-order valence-corrected chi connectivity index (χ2v) is 13.0. The van der Waals surface area contributed by atoms with Gasteiger partial charge in [0.15, 0.2) is 0 Å². The lowest BCUT2D eigenvalue weighted by atomic mass is 10.00. The molecule has 1 aromatic rings. The summed E-state index contributed by atoms with van der Waals surface area (Å²) in [6.07, 6.45) is 27.0. The predicted octanol–water partition coefficient (Wildman–Crippen LogP) is 11.9. The van der Waals surface area contributed by atoms with Crippen molar-refractivity contribution in [3.63, 3.8) is 0 Å². The standard InChI is InChI=1S/C33H60OS2/c1-4-7-10-13-16-17-20-23-30-26-31(28-35-24-21-18-14-11-8-5-2)33(34)32(27-30)29-36-25-22-19-15-12-9-6-3/h26-27,34H,4-25,28-29H2,1-3H3. The number of rotatable bonds is 26. The molecular weight excluding hydrogens is 476 g/mol. The van der Waals surface area contributed by atoms with E-state index in [1.54, 1.807) is 0 Å². The molecule has 0 amide bonds. The van der Waals surface area contributed by atoms with Crippen molar-refractivity contribution in [2.45, 2.75) is 161 Å². The molecular formula is C33H60OS2. The van der Waals surface area contributed by atoms with Gasteiger partial charge in [0.05, 0.1) is 0 Å². The summed E-state index contributed by atoms with van der Waals surface area (Å²) in [6, 6.07) is 4.64. The first-order valence-corrected chi connectivity index (χ1v) is 18.0. The molecule has 0 heterocycles. The Balaban J connectivity index is 2.52. The molecule has 0 aliphatic heterocycles. The normalized spacial score (nSPS) is 11.4. The van der Waals surface area contributed by atoms with Crippen LogP contribution in [0.5, 0.6) is 5.75 Å². The zero-order chi connectivity index (χ0) is 26.1. The lowest BCUT2D eigenvalue weighted by Crippen LogP contribution is -1.96. The minimum atomic E-state index is 0.587. The molecule has 1 aromatic carbocycles. The van der Waals surface area contributed by atoms with E-state index < -0.39 is 0 Å². The van der Waals surface area contributed by atoms with Crippen molar-refractivity contribution in [1.29, 1.82) is 0 Å². The van der Waals surface area contributed by atoms with Crippen LogP contribution in [0.4, 0.5) is 0 Å². The summed E-state index contributed by atoms with van der Waals surface area (Å²) >= 11 is 4.03. The Kier molecular flexibility index (Phi) is 23.5. The number of benzene rings is 1. The van der Waals surface area contributed by atoms with E-state index in [4.69, 9.17) is 0 Å². The van der Waals surface area contributed by atoms with Crippen LogP contribution in [-0.4, -0.2) is 16.6 Å². The van der Waals surface area contributed by atoms with Crippen molar-refractivity contribution in [2.24, 2.45) is 0 Å². The van der Waals surface area contributed by atoms with Crippen LogP contribution < -0.4 is 0 Å². The maximum absolute atomic E-state index is 11.1. The minimum absolute atomic E-state index is 0.587. The highest BCUT2D eigenvalue weighted by Crippen LogP contribution is 2.32. The van der Waals surface area contributed by atoms with Gasteiger partial charge in [0.25, 0.3) is 0 Å². The molecule has 0 aliphatic rings. The molecule has 1 N–H and O–H groups in total. The summed E-state index contributed by atoms with van der Waals surface area (Å²) in [5.74, 6) is 4.94. The van der Waals surface area contributed by atoms with Crippen LogP contribution in [0.1, 0.15) is 159 Å². The number of hydrogen-bond acceptors (Lipinski definition) is 3. The third kappa shape index (κ3) is 18.1. The van der Waals surface area contributed by atoms with E-state index in [-0.39, 0.29) is 0 Å². The fraction of sp³-hybridized carbons (Fsp3) is 0.818. The molecule has 210 valence electrons. The summed E-state index contributed by atoms with van der Waals surface area (Å²) in [5, 5.41) is 11.1. The van der Waals surface area contributed by atoms with Gasteiger partial charge in [-0.1, -0.05) is 136 Å². The van der Waals surface area contributed by atoms with E-state index in [0.717, 1.165) is 17.9 Å². The highest BCUT2D eigenvalue weighted by atomic mass is 32.2. The van der Waals surface area contributed by atoms with Gasteiger partial charge in [-0.25, -0.2) is 0 Å². The number of phenols is 1. The van der Waals surface area contributed by atoms with Crippen molar-refractivity contribution in [3.8, 4) is 5.75 Å². The highest BCUT2D eigenvalue weighted by Gasteiger charge is 2.11. The van der Waals surface area contributed by atoms with Crippen molar-refractivity contribution < 1.29 is 5.11 Å². The van der Waals surface area contributed by atoms with Gasteiger partial charge in [-0.15, -0.1) is 0 Å². The molecule has 0 atom stereocenters. The summed E-state index contributed by atoms with van der Waals surface area (Å²) in [4.78, 5) is 0. The number of aryl methyl sites for hydroxylation is 1. The first-order chi connectivity index (χ1) is 17.7. The Bertz CT molecular complexity index is 575. The van der Waals surface area contributed by atoms with E-state index in [9.17, 15) is 5.11 Å². The van der Waals surface area contributed by atoms with E-state index in [1.807, 2.05) is 23.5 Å². The predicted molar refractivity (Wildman–Crippen MR) is 169 cm³/mol. The lowest BCUT2D eigenvalue weighted by Gasteiger charge is -2.14. The molecule has 0 spiro atoms.